The summed E-state index contributed by atoms with van der Waals surface area (Å²) in [5.41, 5.74) is -2.50. The first-order valence-electron chi connectivity index (χ1n) is 14.6. The van der Waals surface area contributed by atoms with Crippen molar-refractivity contribution in [1.29, 1.82) is 0 Å². The van der Waals surface area contributed by atoms with E-state index in [9.17, 15) is 52.8 Å². The summed E-state index contributed by atoms with van der Waals surface area (Å²) in [4.78, 5) is 53.2. The number of carbonyl (C=O) groups excluding carboxylic acids is 4. The van der Waals surface area contributed by atoms with Crippen molar-refractivity contribution in [3.63, 3.8) is 0 Å². The van der Waals surface area contributed by atoms with Crippen molar-refractivity contribution < 1.29 is 52.8 Å². The third-order valence-electron chi connectivity index (χ3n) is 9.46. The summed E-state index contributed by atoms with van der Waals surface area (Å²) < 4.78 is 43.3. The van der Waals surface area contributed by atoms with Crippen LogP contribution < -0.4 is 16.4 Å². The Morgan fingerprint density at radius 1 is 1.11 bits per heavy atom. The zero-order valence-corrected chi connectivity index (χ0v) is 24.6. The number of aromatic hydroxyl groups is 1. The summed E-state index contributed by atoms with van der Waals surface area (Å²) >= 11 is 0. The number of primary amides is 1. The average Bonchev–Trinajstić information content (AvgIpc) is 2.94. The van der Waals surface area contributed by atoms with E-state index in [1.165, 1.54) is 19.0 Å². The Kier molecular flexibility index (Phi) is 8.25. The minimum Gasteiger partial charge on any atom is -0.508 e. The summed E-state index contributed by atoms with van der Waals surface area (Å²) in [6.45, 7) is -0.246. The molecule has 0 saturated heterocycles. The second kappa shape index (κ2) is 11.4. The number of hydrogen-bond acceptors (Lipinski definition) is 10. The first-order chi connectivity index (χ1) is 21.0. The number of benzene rings is 1. The molecule has 2 amide bonds. The van der Waals surface area contributed by atoms with E-state index in [0.717, 1.165) is 32.1 Å². The van der Waals surface area contributed by atoms with Crippen LogP contribution in [0.4, 0.5) is 18.9 Å². The van der Waals surface area contributed by atoms with Gasteiger partial charge in [0.15, 0.2) is 11.4 Å². The molecule has 0 unspecified atom stereocenters. The van der Waals surface area contributed by atoms with Gasteiger partial charge < -0.3 is 36.8 Å². The molecule has 0 aliphatic heterocycles. The molecule has 12 nitrogen and oxygen atoms in total. The predicted molar refractivity (Wildman–Crippen MR) is 153 cm³/mol. The number of aliphatic hydroxyl groups is 3. The van der Waals surface area contributed by atoms with Crippen LogP contribution in [-0.2, 0) is 31.8 Å². The Hall–Kier alpha value is -3.95. The highest BCUT2D eigenvalue weighted by molar-refractivity contribution is 6.24. The quantitative estimate of drug-likeness (QED) is 0.178. The van der Waals surface area contributed by atoms with E-state index in [1.807, 2.05) is 0 Å². The largest absolute Gasteiger partial charge is 0.508 e. The molecule has 8 N–H and O–H groups in total. The normalized spacial score (nSPS) is 27.3. The number of ketones is 2. The van der Waals surface area contributed by atoms with Gasteiger partial charge in [-0.15, -0.1) is 0 Å². The Morgan fingerprint density at radius 3 is 2.33 bits per heavy atom. The summed E-state index contributed by atoms with van der Waals surface area (Å²) in [5.74, 6) is -10.5. The van der Waals surface area contributed by atoms with Crippen molar-refractivity contribution >= 4 is 34.8 Å². The Morgan fingerprint density at radius 2 is 1.76 bits per heavy atom. The number of fused-ring (bicyclic) bond motifs is 3. The van der Waals surface area contributed by atoms with E-state index in [0.29, 0.717) is 6.07 Å². The lowest BCUT2D eigenvalue weighted by molar-refractivity contribution is -0.153. The van der Waals surface area contributed by atoms with E-state index >= 15 is 0 Å². The van der Waals surface area contributed by atoms with Gasteiger partial charge in [0.25, 0.3) is 5.91 Å². The van der Waals surface area contributed by atoms with E-state index < -0.39 is 110 Å². The number of Topliss-reactive ketones (excluding diaryl/α,β-unsaturated/α-hetero) is 2. The lowest BCUT2D eigenvalue weighted by Crippen LogP contribution is -2.65. The Labute approximate surface area is 255 Å². The number of rotatable bonds is 6. The summed E-state index contributed by atoms with van der Waals surface area (Å²) in [7, 11) is 2.82. The van der Waals surface area contributed by atoms with Gasteiger partial charge >= 0.3 is 6.18 Å². The summed E-state index contributed by atoms with van der Waals surface area (Å²) in [5, 5.41) is 50.4. The van der Waals surface area contributed by atoms with Crippen LogP contribution in [0.25, 0.3) is 5.76 Å². The molecule has 2 fully saturated rings. The van der Waals surface area contributed by atoms with E-state index in [2.05, 4.69) is 10.6 Å². The minimum absolute atomic E-state index is 0.0627. The molecule has 4 aliphatic carbocycles. The van der Waals surface area contributed by atoms with E-state index in [4.69, 9.17) is 5.73 Å². The van der Waals surface area contributed by atoms with Crippen LogP contribution in [0.5, 0.6) is 5.75 Å². The lowest BCUT2D eigenvalue weighted by atomic mass is 9.57. The number of carbonyl (C=O) groups is 4. The smallest absolute Gasteiger partial charge is 0.416 e. The zero-order valence-electron chi connectivity index (χ0n) is 24.6. The topological polar surface area (TPSA) is 203 Å². The molecule has 15 heteroatoms. The van der Waals surface area contributed by atoms with Crippen LogP contribution in [0.2, 0.25) is 0 Å². The summed E-state index contributed by atoms with van der Waals surface area (Å²) in [6, 6.07) is -0.752. The monoisotopic (exact) mass is 636 g/mol. The maximum atomic E-state index is 14.4. The number of halogens is 3. The molecule has 4 atom stereocenters. The second-order valence-electron chi connectivity index (χ2n) is 12.4. The predicted octanol–water partition coefficient (Wildman–Crippen LogP) is 1.84. The molecule has 1 aromatic rings. The number of likely N-dealkylation sites (N-methyl/N-ethyl adjacent to an activating group) is 1. The van der Waals surface area contributed by atoms with Crippen molar-refractivity contribution in [3.05, 3.63) is 39.7 Å². The van der Waals surface area contributed by atoms with E-state index in [-0.39, 0.29) is 19.0 Å². The van der Waals surface area contributed by atoms with Crippen LogP contribution in [0, 0.1) is 11.8 Å². The molecule has 4 aliphatic rings. The molecule has 0 aromatic heterocycles. The third kappa shape index (κ3) is 5.25. The fourth-order valence-electron chi connectivity index (χ4n) is 7.40. The number of nitrogens with zero attached hydrogens (tertiary/aromatic N) is 1. The van der Waals surface area contributed by atoms with Gasteiger partial charge in [-0.1, -0.05) is 19.3 Å². The molecule has 0 radical (unpaired) electrons. The molecule has 0 bridgehead atoms. The number of phenols is 1. The lowest BCUT2D eigenvalue weighted by Gasteiger charge is -2.50. The molecular formula is C30H35F3N4O8. The number of anilines is 1. The van der Waals surface area contributed by atoms with Crippen molar-refractivity contribution in [1.82, 2.24) is 10.2 Å². The number of phenolic OH excluding ortho intramolecular Hbond substituents is 1. The van der Waals surface area contributed by atoms with Gasteiger partial charge in [0, 0.05) is 17.5 Å². The van der Waals surface area contributed by atoms with Crippen molar-refractivity contribution in [3.8, 4) is 5.75 Å². The SMILES string of the molecule is CN(C)[C@@H]1C(=O)C(C(N)=O)=C(O)[C@@]2(O)C(=O)C3=C(O)c4c(O)c(NC(=O)CNC5CCCCC5)cc(C(F)(F)F)c4C[C@H]3C[C@@H]12. The van der Waals surface area contributed by atoms with Crippen LogP contribution >= 0.6 is 0 Å². The number of nitrogens with two attached hydrogens (primary N) is 1. The third-order valence-corrected chi connectivity index (χ3v) is 9.46. The molecule has 5 rings (SSSR count). The van der Waals surface area contributed by atoms with Crippen LogP contribution in [0.15, 0.2) is 23.0 Å². The van der Waals surface area contributed by atoms with Gasteiger partial charge in [-0.3, -0.25) is 24.1 Å². The zero-order chi connectivity index (χ0) is 33.2. The maximum absolute atomic E-state index is 14.4. The van der Waals surface area contributed by atoms with Crippen LogP contribution in [0.3, 0.4) is 0 Å². The fraction of sp³-hybridized carbons (Fsp3) is 0.533. The van der Waals surface area contributed by atoms with Crippen LogP contribution in [0.1, 0.15) is 55.2 Å². The highest BCUT2D eigenvalue weighted by Gasteiger charge is 2.64. The molecule has 45 heavy (non-hydrogen) atoms. The van der Waals surface area contributed by atoms with Gasteiger partial charge in [-0.25, -0.2) is 0 Å². The molecule has 244 valence electrons. The van der Waals surface area contributed by atoms with E-state index in [1.54, 1.807) is 0 Å². The molecule has 2 saturated carbocycles. The second-order valence-corrected chi connectivity index (χ2v) is 12.4. The number of alkyl halides is 3. The first-order valence-corrected chi connectivity index (χ1v) is 14.6. The number of nitrogens with one attached hydrogen (secondary N) is 2. The van der Waals surface area contributed by atoms with Gasteiger partial charge in [0.1, 0.15) is 22.8 Å². The Bertz CT molecular complexity index is 1550. The minimum atomic E-state index is -5.01. The fourth-order valence-corrected chi connectivity index (χ4v) is 7.40. The van der Waals surface area contributed by atoms with Gasteiger partial charge in [-0.05, 0) is 57.3 Å². The van der Waals surface area contributed by atoms with Crippen molar-refractivity contribution in [2.45, 2.75) is 68.8 Å². The van der Waals surface area contributed by atoms with Gasteiger partial charge in [-0.2, -0.15) is 13.2 Å². The van der Waals surface area contributed by atoms with Gasteiger partial charge in [0.2, 0.25) is 11.7 Å². The summed E-state index contributed by atoms with van der Waals surface area (Å²) in [6.07, 6.45) is -1.21. The standard InChI is InChI=1S/C30H35F3N4O8/c1-37(2)22-16-9-12-8-14-15(30(31,32)33)10-17(36-18(38)11-35-13-6-4-3-5-7-13)23(39)20(14)24(40)19(12)26(42)29(16,45)27(43)21(25(22)41)28(34)44/h10,12-13,16,22,35,39-40,43,45H,3-9,11H2,1-2H3,(H2,34,44)(H,36,38)/t12-,16-,22-,29-/m0/s1. The number of amides is 2. The number of hydrogen-bond donors (Lipinski definition) is 7. The highest BCUT2D eigenvalue weighted by Crippen LogP contribution is 2.55. The van der Waals surface area contributed by atoms with Gasteiger partial charge in [0.05, 0.1) is 29.4 Å². The average molecular weight is 637 g/mol. The first kappa shape index (κ1) is 32.4. The van der Waals surface area contributed by atoms with Crippen molar-refractivity contribution in [2.24, 2.45) is 17.6 Å². The Balaban J connectivity index is 1.60. The number of aliphatic hydroxyl groups excluding tert-OH is 2. The molecular weight excluding hydrogens is 601 g/mol. The molecule has 0 spiro atoms. The highest BCUT2D eigenvalue weighted by atomic mass is 19.4. The molecule has 1 aromatic carbocycles. The van der Waals surface area contributed by atoms with Crippen molar-refractivity contribution in [2.75, 3.05) is 26.0 Å². The maximum Gasteiger partial charge on any atom is 0.416 e. The van der Waals surface area contributed by atoms with Crippen LogP contribution in [-0.4, -0.2) is 87.0 Å². The molecule has 0 heterocycles.